The Morgan fingerprint density at radius 3 is 2.33 bits per heavy atom. The Hall–Kier alpha value is -0.100. The topological polar surface area (TPSA) is 37.3 Å². The van der Waals surface area contributed by atoms with Gasteiger partial charge in [-0.3, -0.25) is 4.79 Å². The van der Waals surface area contributed by atoms with Gasteiger partial charge in [0, 0.05) is 0 Å². The molecule has 0 fully saturated rings. The summed E-state index contributed by atoms with van der Waals surface area (Å²) in [5.41, 5.74) is 0.211. The van der Waals surface area contributed by atoms with E-state index < -0.39 is 5.97 Å². The molecule has 0 aromatic heterocycles. The molecule has 0 saturated heterocycles. The van der Waals surface area contributed by atoms with Crippen molar-refractivity contribution in [3.63, 3.8) is 0 Å². The molecule has 0 aliphatic rings. The molecule has 2 nitrogen and oxygen atoms in total. The molecule has 3 atom stereocenters. The zero-order valence-electron chi connectivity index (χ0n) is 5.79. The SMILES string of the molecule is CCC(P)C(C)C(=O)O. The highest BCUT2D eigenvalue weighted by Crippen LogP contribution is 2.15. The van der Waals surface area contributed by atoms with Gasteiger partial charge in [0.2, 0.25) is 0 Å². The van der Waals surface area contributed by atoms with Crippen LogP contribution >= 0.6 is 9.24 Å². The van der Waals surface area contributed by atoms with E-state index in [0.29, 0.717) is 0 Å². The fourth-order valence-corrected chi connectivity index (χ4v) is 0.701. The minimum Gasteiger partial charge on any atom is -0.481 e. The lowest BCUT2D eigenvalue weighted by Gasteiger charge is -2.11. The standard InChI is InChI=1S/C6H13O2P/c1-3-5(9)4(2)6(7)8/h4-5H,3,9H2,1-2H3,(H,7,8). The predicted octanol–water partition coefficient (Wildman–Crippen LogP) is 1.36. The third-order valence-corrected chi connectivity index (χ3v) is 2.55. The highest BCUT2D eigenvalue weighted by Gasteiger charge is 2.16. The predicted molar refractivity (Wildman–Crippen MR) is 40.6 cm³/mol. The minimum absolute atomic E-state index is 0.211. The molecule has 0 rings (SSSR count). The summed E-state index contributed by atoms with van der Waals surface area (Å²) in [4.78, 5) is 10.3. The third-order valence-electron chi connectivity index (χ3n) is 1.50. The van der Waals surface area contributed by atoms with Crippen LogP contribution in [-0.4, -0.2) is 16.7 Å². The summed E-state index contributed by atoms with van der Waals surface area (Å²) in [6.07, 6.45) is 0.901. The average Bonchev–Trinajstić information content (AvgIpc) is 1.84. The molecule has 0 radical (unpaired) electrons. The monoisotopic (exact) mass is 148 g/mol. The van der Waals surface area contributed by atoms with Crippen LogP contribution in [0.1, 0.15) is 20.3 Å². The number of aliphatic carboxylic acids is 1. The molecule has 1 N–H and O–H groups in total. The molecule has 3 heteroatoms. The molecule has 0 aromatic carbocycles. The van der Waals surface area contributed by atoms with Crippen molar-refractivity contribution in [1.82, 2.24) is 0 Å². The first kappa shape index (κ1) is 8.90. The molecule has 0 bridgehead atoms. The van der Waals surface area contributed by atoms with Crippen molar-refractivity contribution in [2.45, 2.75) is 25.9 Å². The summed E-state index contributed by atoms with van der Waals surface area (Å²) in [7, 11) is 2.54. The molecule has 0 spiro atoms. The smallest absolute Gasteiger partial charge is 0.306 e. The van der Waals surface area contributed by atoms with Crippen LogP contribution in [0.25, 0.3) is 0 Å². The molecule has 0 aliphatic heterocycles. The summed E-state index contributed by atoms with van der Waals surface area (Å²) in [6, 6.07) is 0. The Balaban J connectivity index is 3.72. The number of hydrogen-bond acceptors (Lipinski definition) is 1. The van der Waals surface area contributed by atoms with Gasteiger partial charge in [-0.15, -0.1) is 9.24 Å². The first-order valence-electron chi connectivity index (χ1n) is 3.08. The third kappa shape index (κ3) is 2.81. The molecule has 0 amide bonds. The van der Waals surface area contributed by atoms with Gasteiger partial charge in [-0.2, -0.15) is 0 Å². The number of carbonyl (C=O) groups is 1. The maximum absolute atomic E-state index is 10.3. The normalized spacial score (nSPS) is 16.8. The first-order chi connectivity index (χ1) is 4.09. The van der Waals surface area contributed by atoms with Crippen molar-refractivity contribution >= 4 is 15.2 Å². The zero-order chi connectivity index (χ0) is 7.44. The summed E-state index contributed by atoms with van der Waals surface area (Å²) in [5, 5.41) is 8.47. The van der Waals surface area contributed by atoms with Crippen LogP contribution in [0.4, 0.5) is 0 Å². The minimum atomic E-state index is -0.711. The second-order valence-corrected chi connectivity index (χ2v) is 3.06. The highest BCUT2D eigenvalue weighted by atomic mass is 31.0. The van der Waals surface area contributed by atoms with E-state index in [9.17, 15) is 4.79 Å². The van der Waals surface area contributed by atoms with Gasteiger partial charge in [-0.25, -0.2) is 0 Å². The number of carboxylic acids is 1. The van der Waals surface area contributed by atoms with Crippen LogP contribution in [-0.2, 0) is 4.79 Å². The van der Waals surface area contributed by atoms with E-state index in [2.05, 4.69) is 9.24 Å². The molecular formula is C6H13O2P. The van der Waals surface area contributed by atoms with E-state index in [-0.39, 0.29) is 11.6 Å². The molecule has 0 saturated carbocycles. The maximum atomic E-state index is 10.3. The molecule has 9 heavy (non-hydrogen) atoms. The van der Waals surface area contributed by atoms with Gasteiger partial charge in [0.05, 0.1) is 5.92 Å². The Morgan fingerprint density at radius 2 is 2.22 bits per heavy atom. The van der Waals surface area contributed by atoms with Gasteiger partial charge in [-0.1, -0.05) is 13.8 Å². The van der Waals surface area contributed by atoms with E-state index >= 15 is 0 Å². The highest BCUT2D eigenvalue weighted by molar-refractivity contribution is 7.17. The van der Waals surface area contributed by atoms with E-state index in [1.807, 2.05) is 6.92 Å². The van der Waals surface area contributed by atoms with Crippen LogP contribution in [0.5, 0.6) is 0 Å². The zero-order valence-corrected chi connectivity index (χ0v) is 6.95. The van der Waals surface area contributed by atoms with Crippen LogP contribution in [0.3, 0.4) is 0 Å². The van der Waals surface area contributed by atoms with Gasteiger partial charge in [0.25, 0.3) is 0 Å². The number of carboxylic acid groups (broad SMARTS) is 1. The van der Waals surface area contributed by atoms with Crippen molar-refractivity contribution in [2.75, 3.05) is 0 Å². The fraction of sp³-hybridized carbons (Fsp3) is 0.833. The molecule has 0 heterocycles. The maximum Gasteiger partial charge on any atom is 0.306 e. The van der Waals surface area contributed by atoms with Crippen LogP contribution in [0.15, 0.2) is 0 Å². The van der Waals surface area contributed by atoms with Crippen molar-refractivity contribution in [3.05, 3.63) is 0 Å². The molecule has 54 valence electrons. The quantitative estimate of drug-likeness (QED) is 0.613. The Bertz CT molecular complexity index is 103. The van der Waals surface area contributed by atoms with E-state index in [1.165, 1.54) is 0 Å². The van der Waals surface area contributed by atoms with Gasteiger partial charge in [-0.05, 0) is 12.1 Å². The van der Waals surface area contributed by atoms with E-state index in [1.54, 1.807) is 6.92 Å². The van der Waals surface area contributed by atoms with Crippen molar-refractivity contribution in [2.24, 2.45) is 5.92 Å². The van der Waals surface area contributed by atoms with Gasteiger partial charge in [0.15, 0.2) is 0 Å². The largest absolute Gasteiger partial charge is 0.481 e. The molecule has 0 aliphatic carbocycles. The second kappa shape index (κ2) is 3.84. The molecular weight excluding hydrogens is 135 g/mol. The van der Waals surface area contributed by atoms with E-state index in [0.717, 1.165) is 6.42 Å². The summed E-state index contributed by atoms with van der Waals surface area (Å²) in [5.74, 6) is -0.947. The Kier molecular flexibility index (Phi) is 3.79. The Labute approximate surface area is 57.8 Å². The van der Waals surface area contributed by atoms with Crippen LogP contribution in [0.2, 0.25) is 0 Å². The van der Waals surface area contributed by atoms with Gasteiger partial charge >= 0.3 is 5.97 Å². The van der Waals surface area contributed by atoms with Crippen LogP contribution < -0.4 is 0 Å². The summed E-state index contributed by atoms with van der Waals surface area (Å²) < 4.78 is 0. The lowest BCUT2D eigenvalue weighted by atomic mass is 10.1. The van der Waals surface area contributed by atoms with Crippen molar-refractivity contribution in [1.29, 1.82) is 0 Å². The van der Waals surface area contributed by atoms with Crippen LogP contribution in [0, 0.1) is 5.92 Å². The summed E-state index contributed by atoms with van der Waals surface area (Å²) in [6.45, 7) is 3.71. The lowest BCUT2D eigenvalue weighted by Crippen LogP contribution is -2.19. The van der Waals surface area contributed by atoms with Crippen molar-refractivity contribution < 1.29 is 9.90 Å². The summed E-state index contributed by atoms with van der Waals surface area (Å²) >= 11 is 0. The second-order valence-electron chi connectivity index (χ2n) is 2.20. The fourth-order valence-electron chi connectivity index (χ4n) is 0.537. The number of rotatable bonds is 3. The first-order valence-corrected chi connectivity index (χ1v) is 3.74. The molecule has 0 aromatic rings. The number of hydrogen-bond donors (Lipinski definition) is 1. The van der Waals surface area contributed by atoms with Crippen molar-refractivity contribution in [3.8, 4) is 0 Å². The van der Waals surface area contributed by atoms with Gasteiger partial charge < -0.3 is 5.11 Å². The lowest BCUT2D eigenvalue weighted by molar-refractivity contribution is -0.141. The molecule has 3 unspecified atom stereocenters. The van der Waals surface area contributed by atoms with E-state index in [4.69, 9.17) is 5.11 Å². The average molecular weight is 148 g/mol. The van der Waals surface area contributed by atoms with Gasteiger partial charge in [0.1, 0.15) is 0 Å². The Morgan fingerprint density at radius 1 is 1.78 bits per heavy atom.